The van der Waals surface area contributed by atoms with E-state index in [1.54, 1.807) is 18.2 Å². The van der Waals surface area contributed by atoms with Crippen LogP contribution in [0.5, 0.6) is 0 Å². The quantitative estimate of drug-likeness (QED) is 0.934. The summed E-state index contributed by atoms with van der Waals surface area (Å²) >= 11 is 1.37. The lowest BCUT2D eigenvalue weighted by atomic mass is 10.1. The number of hydrogen-bond donors (Lipinski definition) is 1. The summed E-state index contributed by atoms with van der Waals surface area (Å²) in [7, 11) is 0. The molecule has 0 aliphatic rings. The van der Waals surface area contributed by atoms with Crippen molar-refractivity contribution in [2.45, 2.75) is 20.3 Å². The number of halogens is 1. The number of hydrogen-bond acceptors (Lipinski definition) is 3. The van der Waals surface area contributed by atoms with Gasteiger partial charge in [-0.2, -0.15) is 0 Å². The standard InChI is InChI=1S/C14H15FN2OS/c1-9-10(2)19-14(17-9)13(18)16-8-7-11-5-3-4-6-12(11)15/h3-6H,7-8H2,1-2H3,(H,16,18). The van der Waals surface area contributed by atoms with Gasteiger partial charge in [-0.05, 0) is 31.9 Å². The second-order valence-electron chi connectivity index (χ2n) is 4.26. The molecule has 0 spiro atoms. The van der Waals surface area contributed by atoms with Crippen LogP contribution < -0.4 is 5.32 Å². The number of nitrogens with one attached hydrogen (secondary N) is 1. The summed E-state index contributed by atoms with van der Waals surface area (Å²) in [6.45, 7) is 4.21. The minimum atomic E-state index is -0.238. The zero-order valence-electron chi connectivity index (χ0n) is 10.9. The molecular weight excluding hydrogens is 263 g/mol. The van der Waals surface area contributed by atoms with Gasteiger partial charge in [-0.25, -0.2) is 9.37 Å². The smallest absolute Gasteiger partial charge is 0.280 e. The number of carbonyl (C=O) groups is 1. The first-order chi connectivity index (χ1) is 9.08. The van der Waals surface area contributed by atoms with Crippen molar-refractivity contribution in [3.05, 3.63) is 51.2 Å². The van der Waals surface area contributed by atoms with Gasteiger partial charge < -0.3 is 5.32 Å². The average Bonchev–Trinajstić information content (AvgIpc) is 2.72. The van der Waals surface area contributed by atoms with Gasteiger partial charge in [-0.1, -0.05) is 18.2 Å². The number of thiazole rings is 1. The van der Waals surface area contributed by atoms with Crippen LogP contribution in [0.3, 0.4) is 0 Å². The van der Waals surface area contributed by atoms with E-state index in [9.17, 15) is 9.18 Å². The van der Waals surface area contributed by atoms with Crippen molar-refractivity contribution < 1.29 is 9.18 Å². The highest BCUT2D eigenvalue weighted by molar-refractivity contribution is 7.13. The molecule has 1 aromatic carbocycles. The summed E-state index contributed by atoms with van der Waals surface area (Å²) in [5.41, 5.74) is 1.48. The molecule has 19 heavy (non-hydrogen) atoms. The Morgan fingerprint density at radius 2 is 2.11 bits per heavy atom. The van der Waals surface area contributed by atoms with Crippen LogP contribution in [0.2, 0.25) is 0 Å². The highest BCUT2D eigenvalue weighted by Gasteiger charge is 2.11. The van der Waals surface area contributed by atoms with Crippen molar-refractivity contribution >= 4 is 17.2 Å². The molecule has 1 amide bonds. The minimum Gasteiger partial charge on any atom is -0.350 e. The predicted octanol–water partition coefficient (Wildman–Crippen LogP) is 2.87. The molecule has 1 aromatic heterocycles. The highest BCUT2D eigenvalue weighted by atomic mass is 32.1. The summed E-state index contributed by atoms with van der Waals surface area (Å²) in [5.74, 6) is -0.435. The van der Waals surface area contributed by atoms with Crippen molar-refractivity contribution in [3.63, 3.8) is 0 Å². The van der Waals surface area contributed by atoms with Gasteiger partial charge >= 0.3 is 0 Å². The number of rotatable bonds is 4. The van der Waals surface area contributed by atoms with E-state index in [2.05, 4.69) is 10.3 Å². The molecule has 0 aliphatic heterocycles. The average molecular weight is 278 g/mol. The Hall–Kier alpha value is -1.75. The molecule has 0 saturated carbocycles. The molecule has 0 fully saturated rings. The van der Waals surface area contributed by atoms with Gasteiger partial charge in [0.15, 0.2) is 5.01 Å². The van der Waals surface area contributed by atoms with Crippen molar-refractivity contribution in [2.24, 2.45) is 0 Å². The van der Waals surface area contributed by atoms with Crippen LogP contribution >= 0.6 is 11.3 Å². The van der Waals surface area contributed by atoms with Crippen LogP contribution in [0, 0.1) is 19.7 Å². The molecule has 100 valence electrons. The molecule has 0 bridgehead atoms. The van der Waals surface area contributed by atoms with E-state index in [0.29, 0.717) is 23.5 Å². The third-order valence-corrected chi connectivity index (χ3v) is 3.93. The Kier molecular flexibility index (Phi) is 4.27. The first-order valence-electron chi connectivity index (χ1n) is 6.03. The van der Waals surface area contributed by atoms with Gasteiger partial charge in [0.2, 0.25) is 0 Å². The summed E-state index contributed by atoms with van der Waals surface area (Å²) in [4.78, 5) is 17.1. The largest absolute Gasteiger partial charge is 0.350 e. The summed E-state index contributed by atoms with van der Waals surface area (Å²) in [6, 6.07) is 6.58. The van der Waals surface area contributed by atoms with E-state index in [0.717, 1.165) is 10.6 Å². The van der Waals surface area contributed by atoms with Gasteiger partial charge in [-0.3, -0.25) is 4.79 Å². The molecule has 5 heteroatoms. The van der Waals surface area contributed by atoms with Gasteiger partial charge in [-0.15, -0.1) is 11.3 Å². The van der Waals surface area contributed by atoms with Crippen LogP contribution in [0.4, 0.5) is 4.39 Å². The number of amides is 1. The molecule has 2 rings (SSSR count). The number of benzene rings is 1. The Morgan fingerprint density at radius 1 is 1.37 bits per heavy atom. The van der Waals surface area contributed by atoms with E-state index in [-0.39, 0.29) is 11.7 Å². The molecule has 0 radical (unpaired) electrons. The Morgan fingerprint density at radius 3 is 2.74 bits per heavy atom. The lowest BCUT2D eigenvalue weighted by molar-refractivity contribution is 0.0953. The Labute approximate surface area is 115 Å². The predicted molar refractivity (Wildman–Crippen MR) is 74.0 cm³/mol. The maximum atomic E-state index is 13.4. The maximum Gasteiger partial charge on any atom is 0.280 e. The lowest BCUT2D eigenvalue weighted by Gasteiger charge is -2.04. The number of aromatic nitrogens is 1. The van der Waals surface area contributed by atoms with E-state index < -0.39 is 0 Å². The SMILES string of the molecule is Cc1nc(C(=O)NCCc2ccccc2F)sc1C. The number of nitrogens with zero attached hydrogens (tertiary/aromatic N) is 1. The third-order valence-electron chi connectivity index (χ3n) is 2.86. The molecule has 1 N–H and O–H groups in total. The van der Waals surface area contributed by atoms with Gasteiger partial charge in [0.25, 0.3) is 5.91 Å². The zero-order valence-corrected chi connectivity index (χ0v) is 11.7. The van der Waals surface area contributed by atoms with E-state index in [1.165, 1.54) is 17.4 Å². The number of aryl methyl sites for hydroxylation is 2. The van der Waals surface area contributed by atoms with Crippen molar-refractivity contribution in [2.75, 3.05) is 6.54 Å². The monoisotopic (exact) mass is 278 g/mol. The second kappa shape index (κ2) is 5.93. The van der Waals surface area contributed by atoms with Crippen molar-refractivity contribution in [1.82, 2.24) is 10.3 Å². The molecule has 0 atom stereocenters. The Bertz CT molecular complexity index is 575. The number of carbonyl (C=O) groups excluding carboxylic acids is 1. The summed E-state index contributed by atoms with van der Waals surface area (Å²) in [5, 5.41) is 3.22. The van der Waals surface area contributed by atoms with Gasteiger partial charge in [0, 0.05) is 11.4 Å². The normalized spacial score (nSPS) is 10.5. The second-order valence-corrected chi connectivity index (χ2v) is 5.46. The van der Waals surface area contributed by atoms with E-state index in [4.69, 9.17) is 0 Å². The first kappa shape index (κ1) is 13.7. The summed E-state index contributed by atoms with van der Waals surface area (Å²) in [6.07, 6.45) is 0.474. The fraction of sp³-hybridized carbons (Fsp3) is 0.286. The molecule has 0 aliphatic carbocycles. The first-order valence-corrected chi connectivity index (χ1v) is 6.85. The molecule has 0 saturated heterocycles. The molecule has 2 aromatic rings. The maximum absolute atomic E-state index is 13.4. The summed E-state index contributed by atoms with van der Waals surface area (Å²) < 4.78 is 13.4. The van der Waals surface area contributed by atoms with Crippen LogP contribution in [0.25, 0.3) is 0 Å². The fourth-order valence-corrected chi connectivity index (χ4v) is 2.49. The van der Waals surface area contributed by atoms with Crippen LogP contribution in [-0.4, -0.2) is 17.4 Å². The third kappa shape index (κ3) is 3.38. The van der Waals surface area contributed by atoms with Crippen LogP contribution in [0.1, 0.15) is 25.9 Å². The minimum absolute atomic E-state index is 0.197. The van der Waals surface area contributed by atoms with Gasteiger partial charge in [0.05, 0.1) is 5.69 Å². The molecule has 1 heterocycles. The van der Waals surface area contributed by atoms with Crippen molar-refractivity contribution in [3.8, 4) is 0 Å². The van der Waals surface area contributed by atoms with Crippen molar-refractivity contribution in [1.29, 1.82) is 0 Å². The van der Waals surface area contributed by atoms with E-state index >= 15 is 0 Å². The zero-order chi connectivity index (χ0) is 13.8. The van der Waals surface area contributed by atoms with Gasteiger partial charge in [0.1, 0.15) is 5.82 Å². The van der Waals surface area contributed by atoms with E-state index in [1.807, 2.05) is 13.8 Å². The van der Waals surface area contributed by atoms with Crippen LogP contribution in [-0.2, 0) is 6.42 Å². The topological polar surface area (TPSA) is 42.0 Å². The molecular formula is C14H15FN2OS. The molecule has 0 unspecified atom stereocenters. The highest BCUT2D eigenvalue weighted by Crippen LogP contribution is 2.16. The van der Waals surface area contributed by atoms with Crippen LogP contribution in [0.15, 0.2) is 24.3 Å². The Balaban J connectivity index is 1.89. The fourth-order valence-electron chi connectivity index (χ4n) is 1.66. The molecule has 3 nitrogen and oxygen atoms in total. The lowest BCUT2D eigenvalue weighted by Crippen LogP contribution is -2.25.